The second-order valence-corrected chi connectivity index (χ2v) is 7.43. The van der Waals surface area contributed by atoms with Crippen LogP contribution in [0.25, 0.3) is 0 Å². The Morgan fingerprint density at radius 2 is 2.00 bits per heavy atom. The maximum atomic E-state index is 12.1. The first-order valence-corrected chi connectivity index (χ1v) is 10.2. The number of hydrogen-bond donors (Lipinski definition) is 3. The minimum Gasteiger partial charge on any atom is -0.484 e. The molecule has 1 heterocycles. The van der Waals surface area contributed by atoms with Crippen LogP contribution in [0.2, 0.25) is 0 Å². The van der Waals surface area contributed by atoms with E-state index in [1.165, 1.54) is 0 Å². The summed E-state index contributed by atoms with van der Waals surface area (Å²) in [4.78, 5) is 24.2. The second-order valence-electron chi connectivity index (χ2n) is 7.43. The van der Waals surface area contributed by atoms with Gasteiger partial charge in [0.05, 0.1) is 5.92 Å². The van der Waals surface area contributed by atoms with Crippen molar-refractivity contribution in [3.8, 4) is 5.75 Å². The Hall–Kier alpha value is -2.86. The molecule has 2 aromatic carbocycles. The normalized spacial score (nSPS) is 16.1. The summed E-state index contributed by atoms with van der Waals surface area (Å²) in [6, 6.07) is 15.3. The summed E-state index contributed by atoms with van der Waals surface area (Å²) < 4.78 is 5.56. The minimum atomic E-state index is -0.195. The Bertz CT molecular complexity index is 814. The molecule has 6 nitrogen and oxygen atoms in total. The van der Waals surface area contributed by atoms with Gasteiger partial charge in [0, 0.05) is 18.8 Å². The van der Waals surface area contributed by atoms with E-state index in [1.54, 1.807) is 0 Å². The van der Waals surface area contributed by atoms with E-state index in [2.05, 4.69) is 16.0 Å². The van der Waals surface area contributed by atoms with Crippen molar-refractivity contribution in [2.45, 2.75) is 26.2 Å². The zero-order valence-electron chi connectivity index (χ0n) is 16.9. The smallest absolute Gasteiger partial charge is 0.262 e. The number of carbonyl (C=O) groups excluding carboxylic acids is 2. The van der Waals surface area contributed by atoms with Gasteiger partial charge >= 0.3 is 0 Å². The summed E-state index contributed by atoms with van der Waals surface area (Å²) in [5.74, 6) is 0.673. The average Bonchev–Trinajstić information content (AvgIpc) is 2.74. The van der Waals surface area contributed by atoms with Gasteiger partial charge in [-0.25, -0.2) is 0 Å². The molecule has 29 heavy (non-hydrogen) atoms. The number of ether oxygens (including phenoxy) is 1. The summed E-state index contributed by atoms with van der Waals surface area (Å²) in [6.07, 6.45) is 2.78. The third-order valence-corrected chi connectivity index (χ3v) is 4.98. The van der Waals surface area contributed by atoms with Crippen molar-refractivity contribution in [3.05, 3.63) is 59.7 Å². The van der Waals surface area contributed by atoms with Gasteiger partial charge in [-0.1, -0.05) is 24.3 Å². The first kappa shape index (κ1) is 20.9. The van der Waals surface area contributed by atoms with Crippen LogP contribution in [-0.4, -0.2) is 38.1 Å². The number of hydrogen-bond acceptors (Lipinski definition) is 4. The van der Waals surface area contributed by atoms with Crippen molar-refractivity contribution in [1.29, 1.82) is 0 Å². The van der Waals surface area contributed by atoms with Crippen molar-refractivity contribution in [3.63, 3.8) is 0 Å². The van der Waals surface area contributed by atoms with Gasteiger partial charge in [0.2, 0.25) is 5.91 Å². The van der Waals surface area contributed by atoms with E-state index in [9.17, 15) is 9.59 Å². The highest BCUT2D eigenvalue weighted by molar-refractivity contribution is 5.91. The third-order valence-electron chi connectivity index (χ3n) is 4.98. The van der Waals surface area contributed by atoms with Crippen LogP contribution in [0.15, 0.2) is 48.5 Å². The van der Waals surface area contributed by atoms with Crippen molar-refractivity contribution >= 4 is 17.5 Å². The van der Waals surface area contributed by atoms with Gasteiger partial charge in [0.25, 0.3) is 5.91 Å². The molecule has 3 N–H and O–H groups in total. The van der Waals surface area contributed by atoms with Crippen LogP contribution in [0, 0.1) is 12.8 Å². The molecule has 0 bridgehead atoms. The molecule has 0 saturated carbocycles. The standard InChI is InChI=1S/C23H29N3O3/c1-17-4-2-6-20(14-17)26-22(27)16-29-21-9-7-18(8-10-21)11-13-25-23(28)19-5-3-12-24-15-19/h2,4,6-10,14,19,24H,3,5,11-13,15-16H2,1H3,(H,25,28)(H,26,27). The molecule has 2 amide bonds. The second kappa shape index (κ2) is 10.6. The number of amides is 2. The Morgan fingerprint density at radius 3 is 2.72 bits per heavy atom. The van der Waals surface area contributed by atoms with E-state index < -0.39 is 0 Å². The Kier molecular flexibility index (Phi) is 7.64. The SMILES string of the molecule is Cc1cccc(NC(=O)COc2ccc(CCNC(=O)C3CCCNC3)cc2)c1. The third kappa shape index (κ3) is 6.91. The zero-order chi connectivity index (χ0) is 20.5. The predicted molar refractivity (Wildman–Crippen MR) is 114 cm³/mol. The molecule has 2 aromatic rings. The van der Waals surface area contributed by atoms with E-state index in [4.69, 9.17) is 4.74 Å². The molecule has 3 rings (SSSR count). The predicted octanol–water partition coefficient (Wildman–Crippen LogP) is 2.67. The van der Waals surface area contributed by atoms with Crippen molar-refractivity contribution < 1.29 is 14.3 Å². The van der Waals surface area contributed by atoms with Crippen LogP contribution in [0.1, 0.15) is 24.0 Å². The maximum Gasteiger partial charge on any atom is 0.262 e. The lowest BCUT2D eigenvalue weighted by atomic mass is 9.99. The van der Waals surface area contributed by atoms with Crippen molar-refractivity contribution in [1.82, 2.24) is 10.6 Å². The van der Waals surface area contributed by atoms with Crippen LogP contribution in [0.4, 0.5) is 5.69 Å². The summed E-state index contributed by atoms with van der Waals surface area (Å²) >= 11 is 0. The topological polar surface area (TPSA) is 79.5 Å². The summed E-state index contributed by atoms with van der Waals surface area (Å²) in [7, 11) is 0. The van der Waals surface area contributed by atoms with E-state index in [1.807, 2.05) is 55.5 Å². The number of anilines is 1. The van der Waals surface area contributed by atoms with E-state index >= 15 is 0 Å². The molecule has 1 unspecified atom stereocenters. The number of benzene rings is 2. The molecule has 6 heteroatoms. The molecule has 1 aliphatic rings. The van der Waals surface area contributed by atoms with Gasteiger partial charge in [-0.05, 0) is 68.1 Å². The Morgan fingerprint density at radius 1 is 1.17 bits per heavy atom. The molecule has 154 valence electrons. The van der Waals surface area contributed by atoms with Crippen LogP contribution < -0.4 is 20.7 Å². The van der Waals surface area contributed by atoms with E-state index in [0.29, 0.717) is 12.3 Å². The molecular weight excluding hydrogens is 366 g/mol. The molecule has 0 spiro atoms. The summed E-state index contributed by atoms with van der Waals surface area (Å²) in [6.45, 7) is 4.33. The van der Waals surface area contributed by atoms with E-state index in [-0.39, 0.29) is 24.3 Å². The van der Waals surface area contributed by atoms with Crippen LogP contribution in [0.3, 0.4) is 0 Å². The summed E-state index contributed by atoms with van der Waals surface area (Å²) in [5, 5.41) is 9.10. The highest BCUT2D eigenvalue weighted by Crippen LogP contribution is 2.14. The first-order valence-electron chi connectivity index (χ1n) is 10.2. The highest BCUT2D eigenvalue weighted by atomic mass is 16.5. The van der Waals surface area contributed by atoms with Crippen molar-refractivity contribution in [2.24, 2.45) is 5.92 Å². The average molecular weight is 396 g/mol. The lowest BCUT2D eigenvalue weighted by Gasteiger charge is -2.21. The number of rotatable bonds is 8. The largest absolute Gasteiger partial charge is 0.484 e. The molecule has 0 radical (unpaired) electrons. The molecule has 1 fully saturated rings. The van der Waals surface area contributed by atoms with Crippen LogP contribution in [0.5, 0.6) is 5.75 Å². The summed E-state index contributed by atoms with van der Waals surface area (Å²) in [5.41, 5.74) is 2.97. The van der Waals surface area contributed by atoms with Crippen LogP contribution >= 0.6 is 0 Å². The molecule has 1 aliphatic heterocycles. The fraction of sp³-hybridized carbons (Fsp3) is 0.391. The fourth-order valence-corrected chi connectivity index (χ4v) is 3.37. The molecule has 0 aromatic heterocycles. The Balaban J connectivity index is 1.37. The molecular formula is C23H29N3O3. The maximum absolute atomic E-state index is 12.1. The molecule has 1 atom stereocenters. The number of carbonyl (C=O) groups is 2. The number of aryl methyl sites for hydroxylation is 1. The minimum absolute atomic E-state index is 0.0429. The van der Waals surface area contributed by atoms with Gasteiger partial charge < -0.3 is 20.7 Å². The number of piperidine rings is 1. The van der Waals surface area contributed by atoms with Gasteiger partial charge in [0.15, 0.2) is 6.61 Å². The van der Waals surface area contributed by atoms with Gasteiger partial charge in [-0.2, -0.15) is 0 Å². The first-order chi connectivity index (χ1) is 14.1. The van der Waals surface area contributed by atoms with Crippen LogP contribution in [-0.2, 0) is 16.0 Å². The molecule has 1 saturated heterocycles. The van der Waals surface area contributed by atoms with E-state index in [0.717, 1.165) is 49.2 Å². The van der Waals surface area contributed by atoms with Crippen molar-refractivity contribution in [2.75, 3.05) is 31.6 Å². The lowest BCUT2D eigenvalue weighted by molar-refractivity contribution is -0.125. The fourth-order valence-electron chi connectivity index (χ4n) is 3.37. The molecule has 0 aliphatic carbocycles. The highest BCUT2D eigenvalue weighted by Gasteiger charge is 2.20. The number of nitrogens with one attached hydrogen (secondary N) is 3. The lowest BCUT2D eigenvalue weighted by Crippen LogP contribution is -2.41. The Labute approximate surface area is 172 Å². The quantitative estimate of drug-likeness (QED) is 0.642. The zero-order valence-corrected chi connectivity index (χ0v) is 16.9. The van der Waals surface area contributed by atoms with Gasteiger partial charge in [-0.15, -0.1) is 0 Å². The van der Waals surface area contributed by atoms with Gasteiger partial charge in [-0.3, -0.25) is 9.59 Å². The van der Waals surface area contributed by atoms with Gasteiger partial charge in [0.1, 0.15) is 5.75 Å². The monoisotopic (exact) mass is 395 g/mol.